The fourth-order valence-corrected chi connectivity index (χ4v) is 8.43. The number of aliphatic carboxylic acids is 1. The second-order valence-corrected chi connectivity index (χ2v) is 19.5. The van der Waals surface area contributed by atoms with E-state index in [0.29, 0.717) is 12.8 Å². The molecule has 12 heteroatoms. The normalized spacial score (nSPS) is 13.6. The molecule has 0 saturated carbocycles. The lowest BCUT2D eigenvalue weighted by atomic mass is 10.0. The zero-order chi connectivity index (χ0) is 46.3. The predicted molar refractivity (Wildman–Crippen MR) is 259 cm³/mol. The molecule has 11 nitrogen and oxygen atoms in total. The molecule has 0 bridgehead atoms. The summed E-state index contributed by atoms with van der Waals surface area (Å²) >= 11 is 0. The van der Waals surface area contributed by atoms with Crippen molar-refractivity contribution in [2.75, 3.05) is 19.8 Å². The number of hydrogen-bond acceptors (Lipinski definition) is 9. The standard InChI is InChI=1S/C51H98NO10P/c1-3-5-7-9-11-13-15-17-19-21-22-23-24-25-27-28-30-32-34-36-38-40-42-49(53)59-44-47(45-60-63(57,58)61-46-48(52)51(55)56)62-50(54)43-41-39-37-35-33-31-29-26-20-18-16-14-12-10-8-6-4-2/h18,20,47-48H,3-17,19,21-46,52H2,1-2H3,(H,55,56)(H,57,58)/b20-18-. The number of carbonyl (C=O) groups is 3. The van der Waals surface area contributed by atoms with Gasteiger partial charge in [-0.15, -0.1) is 0 Å². The molecule has 0 aliphatic rings. The molecule has 3 atom stereocenters. The van der Waals surface area contributed by atoms with Gasteiger partial charge in [0.15, 0.2) is 6.10 Å². The number of nitrogens with two attached hydrogens (primary N) is 1. The van der Waals surface area contributed by atoms with Crippen molar-refractivity contribution >= 4 is 25.7 Å². The van der Waals surface area contributed by atoms with Crippen molar-refractivity contribution < 1.29 is 47.5 Å². The van der Waals surface area contributed by atoms with Gasteiger partial charge in [0.1, 0.15) is 12.6 Å². The zero-order valence-corrected chi connectivity index (χ0v) is 41.6. The molecule has 3 unspecified atom stereocenters. The molecule has 63 heavy (non-hydrogen) atoms. The number of allylic oxidation sites excluding steroid dienone is 2. The summed E-state index contributed by atoms with van der Waals surface area (Å²) in [6.07, 6.45) is 49.9. The molecule has 0 amide bonds. The number of carboxylic acid groups (broad SMARTS) is 1. The second-order valence-electron chi connectivity index (χ2n) is 18.0. The van der Waals surface area contributed by atoms with Crippen molar-refractivity contribution in [1.82, 2.24) is 0 Å². The smallest absolute Gasteiger partial charge is 0.472 e. The Morgan fingerprint density at radius 1 is 0.476 bits per heavy atom. The van der Waals surface area contributed by atoms with Gasteiger partial charge in [-0.2, -0.15) is 0 Å². The van der Waals surface area contributed by atoms with E-state index in [2.05, 4.69) is 30.5 Å². The number of ether oxygens (including phenoxy) is 2. The van der Waals surface area contributed by atoms with Crippen molar-refractivity contribution in [1.29, 1.82) is 0 Å². The van der Waals surface area contributed by atoms with Crippen LogP contribution in [0.1, 0.15) is 264 Å². The Kier molecular flexibility index (Phi) is 45.4. The lowest BCUT2D eigenvalue weighted by Gasteiger charge is -2.20. The van der Waals surface area contributed by atoms with Crippen LogP contribution in [0.15, 0.2) is 12.2 Å². The molecule has 0 aliphatic heterocycles. The van der Waals surface area contributed by atoms with Gasteiger partial charge < -0.3 is 25.2 Å². The summed E-state index contributed by atoms with van der Waals surface area (Å²) in [4.78, 5) is 46.2. The third-order valence-electron chi connectivity index (χ3n) is 11.8. The number of carbonyl (C=O) groups excluding carboxylic acids is 2. The van der Waals surface area contributed by atoms with Crippen LogP contribution in [0.4, 0.5) is 0 Å². The van der Waals surface area contributed by atoms with Gasteiger partial charge >= 0.3 is 25.7 Å². The molecule has 0 aliphatic carbocycles. The number of phosphoric ester groups is 1. The van der Waals surface area contributed by atoms with Crippen LogP contribution in [-0.4, -0.2) is 59.9 Å². The number of unbranched alkanes of at least 4 members (excludes halogenated alkanes) is 34. The van der Waals surface area contributed by atoms with Gasteiger partial charge in [-0.05, 0) is 38.5 Å². The highest BCUT2D eigenvalue weighted by Gasteiger charge is 2.28. The largest absolute Gasteiger partial charge is 0.480 e. The molecule has 372 valence electrons. The van der Waals surface area contributed by atoms with Gasteiger partial charge in [0.05, 0.1) is 13.2 Å². The van der Waals surface area contributed by atoms with E-state index in [4.69, 9.17) is 24.8 Å². The van der Waals surface area contributed by atoms with Crippen LogP contribution in [0, 0.1) is 0 Å². The lowest BCUT2D eigenvalue weighted by molar-refractivity contribution is -0.161. The van der Waals surface area contributed by atoms with E-state index in [-0.39, 0.29) is 19.4 Å². The first-order chi connectivity index (χ1) is 30.6. The van der Waals surface area contributed by atoms with E-state index < -0.39 is 51.1 Å². The number of rotatable bonds is 50. The topological polar surface area (TPSA) is 172 Å². The monoisotopic (exact) mass is 916 g/mol. The Hall–Kier alpha value is -1.78. The first-order valence-electron chi connectivity index (χ1n) is 26.2. The predicted octanol–water partition coefficient (Wildman–Crippen LogP) is 14.8. The van der Waals surface area contributed by atoms with Crippen molar-refractivity contribution in [3.05, 3.63) is 12.2 Å². The quantitative estimate of drug-likeness (QED) is 0.0229. The maximum Gasteiger partial charge on any atom is 0.472 e. The average molecular weight is 916 g/mol. The van der Waals surface area contributed by atoms with Gasteiger partial charge in [-0.3, -0.25) is 23.4 Å². The molecular weight excluding hydrogens is 818 g/mol. The van der Waals surface area contributed by atoms with Crippen LogP contribution in [0.2, 0.25) is 0 Å². The molecule has 0 spiro atoms. The van der Waals surface area contributed by atoms with E-state index in [1.165, 1.54) is 180 Å². The van der Waals surface area contributed by atoms with Gasteiger partial charge in [-0.1, -0.05) is 225 Å². The van der Waals surface area contributed by atoms with Crippen LogP contribution < -0.4 is 5.73 Å². The van der Waals surface area contributed by atoms with E-state index in [9.17, 15) is 23.8 Å². The molecule has 0 rings (SSSR count). The molecular formula is C51H98NO10P. The Labute approximate surface area is 386 Å². The Morgan fingerprint density at radius 2 is 0.794 bits per heavy atom. The van der Waals surface area contributed by atoms with Crippen molar-refractivity contribution in [2.45, 2.75) is 276 Å². The molecule has 0 saturated heterocycles. The maximum absolute atomic E-state index is 12.7. The highest BCUT2D eigenvalue weighted by molar-refractivity contribution is 7.47. The van der Waals surface area contributed by atoms with E-state index in [0.717, 1.165) is 44.9 Å². The Morgan fingerprint density at radius 3 is 1.16 bits per heavy atom. The number of hydrogen-bond donors (Lipinski definition) is 3. The fourth-order valence-electron chi connectivity index (χ4n) is 7.65. The van der Waals surface area contributed by atoms with Crippen molar-refractivity contribution in [3.8, 4) is 0 Å². The lowest BCUT2D eigenvalue weighted by Crippen LogP contribution is -2.34. The van der Waals surface area contributed by atoms with Crippen LogP contribution in [0.3, 0.4) is 0 Å². The number of carboxylic acids is 1. The Balaban J connectivity index is 4.18. The first kappa shape index (κ1) is 61.2. The van der Waals surface area contributed by atoms with Gasteiger partial charge in [0.25, 0.3) is 0 Å². The van der Waals surface area contributed by atoms with E-state index in [1.807, 2.05) is 0 Å². The first-order valence-corrected chi connectivity index (χ1v) is 27.7. The highest BCUT2D eigenvalue weighted by Crippen LogP contribution is 2.43. The zero-order valence-electron chi connectivity index (χ0n) is 40.7. The summed E-state index contributed by atoms with van der Waals surface area (Å²) < 4.78 is 32.9. The summed E-state index contributed by atoms with van der Waals surface area (Å²) in [5, 5.41) is 8.92. The molecule has 0 aromatic carbocycles. The summed E-state index contributed by atoms with van der Waals surface area (Å²) in [7, 11) is -4.72. The number of phosphoric acid groups is 1. The van der Waals surface area contributed by atoms with Crippen molar-refractivity contribution in [2.24, 2.45) is 5.73 Å². The van der Waals surface area contributed by atoms with Gasteiger partial charge in [-0.25, -0.2) is 4.57 Å². The van der Waals surface area contributed by atoms with Crippen LogP contribution in [0.5, 0.6) is 0 Å². The highest BCUT2D eigenvalue weighted by atomic mass is 31.2. The molecule has 0 aromatic heterocycles. The van der Waals surface area contributed by atoms with E-state index in [1.54, 1.807) is 0 Å². The van der Waals surface area contributed by atoms with Crippen LogP contribution in [-0.2, 0) is 37.5 Å². The summed E-state index contributed by atoms with van der Waals surface area (Å²) in [5.74, 6) is -2.36. The fraction of sp³-hybridized carbons (Fsp3) is 0.902. The molecule has 4 N–H and O–H groups in total. The molecule has 0 heterocycles. The molecule has 0 aromatic rings. The SMILES string of the molecule is CCCCCCCC/C=C\CCCCCCCCCC(=O)OC(COC(=O)CCCCCCCCCCCCCCCCCCCCCCCC)COP(=O)(O)OCC(N)C(=O)O. The van der Waals surface area contributed by atoms with Crippen LogP contribution >= 0.6 is 7.82 Å². The minimum Gasteiger partial charge on any atom is -0.480 e. The summed E-state index contributed by atoms with van der Waals surface area (Å²) in [5.41, 5.74) is 5.35. The van der Waals surface area contributed by atoms with Gasteiger partial charge in [0, 0.05) is 12.8 Å². The van der Waals surface area contributed by atoms with Crippen molar-refractivity contribution in [3.63, 3.8) is 0 Å². The maximum atomic E-state index is 12.7. The van der Waals surface area contributed by atoms with E-state index >= 15 is 0 Å². The van der Waals surface area contributed by atoms with Crippen LogP contribution in [0.25, 0.3) is 0 Å². The summed E-state index contributed by atoms with van der Waals surface area (Å²) in [6, 6.07) is -1.52. The third-order valence-corrected chi connectivity index (χ3v) is 12.7. The second kappa shape index (κ2) is 46.7. The molecule has 0 radical (unpaired) electrons. The minimum atomic E-state index is -4.72. The molecule has 0 fully saturated rings. The Bertz CT molecular complexity index is 1120. The minimum absolute atomic E-state index is 0.161. The number of esters is 2. The summed E-state index contributed by atoms with van der Waals surface area (Å²) in [6.45, 7) is 2.85. The van der Waals surface area contributed by atoms with Gasteiger partial charge in [0.2, 0.25) is 0 Å². The average Bonchev–Trinajstić information content (AvgIpc) is 3.26. The third kappa shape index (κ3) is 46.5.